The molecule has 1 amide bonds. The molecule has 11 heavy (non-hydrogen) atoms. The van der Waals surface area contributed by atoms with Crippen LogP contribution in [0.2, 0.25) is 0 Å². The molecule has 0 spiro atoms. The molecule has 2 atom stereocenters. The maximum atomic E-state index is 12.6. The average Bonchev–Trinajstić information content (AvgIpc) is 2.34. The first-order valence-corrected chi connectivity index (χ1v) is 3.79. The van der Waals surface area contributed by atoms with Crippen LogP contribution in [0.4, 0.5) is 4.39 Å². The first kappa shape index (κ1) is 8.46. The lowest BCUT2D eigenvalue weighted by Crippen LogP contribution is -2.40. The summed E-state index contributed by atoms with van der Waals surface area (Å²) in [5.74, 6) is -0.148. The lowest BCUT2D eigenvalue weighted by molar-refractivity contribution is -0.131. The Labute approximate surface area is 65.3 Å². The highest BCUT2D eigenvalue weighted by atomic mass is 19.1. The van der Waals surface area contributed by atoms with Gasteiger partial charge in [-0.1, -0.05) is 0 Å². The van der Waals surface area contributed by atoms with Crippen molar-refractivity contribution < 1.29 is 9.18 Å². The lowest BCUT2D eigenvalue weighted by atomic mass is 10.3. The Hall–Kier alpha value is -0.640. The fourth-order valence-electron chi connectivity index (χ4n) is 1.21. The van der Waals surface area contributed by atoms with Crippen LogP contribution in [0.5, 0.6) is 0 Å². The summed E-state index contributed by atoms with van der Waals surface area (Å²) in [4.78, 5) is 12.6. The van der Waals surface area contributed by atoms with Crippen molar-refractivity contribution in [3.05, 3.63) is 0 Å². The highest BCUT2D eigenvalue weighted by Crippen LogP contribution is 2.12. The van der Waals surface area contributed by atoms with Gasteiger partial charge in [0, 0.05) is 6.54 Å². The van der Waals surface area contributed by atoms with E-state index >= 15 is 0 Å². The van der Waals surface area contributed by atoms with Crippen LogP contribution in [0.3, 0.4) is 0 Å². The van der Waals surface area contributed by atoms with Gasteiger partial charge in [-0.3, -0.25) is 4.79 Å². The van der Waals surface area contributed by atoms with Crippen LogP contribution in [0.25, 0.3) is 0 Å². The predicted molar refractivity (Wildman–Crippen MR) is 39.7 cm³/mol. The number of likely N-dealkylation sites (tertiary alicyclic amines) is 1. The van der Waals surface area contributed by atoms with Crippen LogP contribution in [0.1, 0.15) is 13.3 Å². The van der Waals surface area contributed by atoms with E-state index in [1.165, 1.54) is 4.90 Å². The van der Waals surface area contributed by atoms with Crippen LogP contribution in [-0.2, 0) is 4.79 Å². The molecule has 1 fully saturated rings. The highest BCUT2D eigenvalue weighted by molar-refractivity contribution is 5.81. The zero-order chi connectivity index (χ0) is 8.43. The molecule has 1 aliphatic rings. The molecular weight excluding hydrogens is 147 g/mol. The number of amides is 1. The van der Waals surface area contributed by atoms with Gasteiger partial charge in [-0.2, -0.15) is 0 Å². The third-order valence-corrected chi connectivity index (χ3v) is 1.83. The maximum absolute atomic E-state index is 12.6. The molecule has 0 saturated carbocycles. The van der Waals surface area contributed by atoms with Crippen LogP contribution in [-0.4, -0.2) is 36.1 Å². The zero-order valence-electron chi connectivity index (χ0n) is 6.59. The molecule has 0 aromatic carbocycles. The van der Waals surface area contributed by atoms with Crippen LogP contribution in [0, 0.1) is 0 Å². The van der Waals surface area contributed by atoms with Gasteiger partial charge in [0.2, 0.25) is 5.91 Å². The zero-order valence-corrected chi connectivity index (χ0v) is 6.59. The normalized spacial score (nSPS) is 27.2. The number of nitrogens with two attached hydrogens (primary N) is 1. The minimum atomic E-state index is -0.849. The van der Waals surface area contributed by atoms with Gasteiger partial charge in [0.15, 0.2) is 0 Å². The van der Waals surface area contributed by atoms with Gasteiger partial charge in [-0.25, -0.2) is 4.39 Å². The van der Waals surface area contributed by atoms with Crippen molar-refractivity contribution in [3.63, 3.8) is 0 Å². The Balaban J connectivity index is 2.43. The van der Waals surface area contributed by atoms with Crippen molar-refractivity contribution in [3.8, 4) is 0 Å². The average molecular weight is 160 g/mol. The van der Waals surface area contributed by atoms with Crippen molar-refractivity contribution in [1.29, 1.82) is 0 Å². The Morgan fingerprint density at radius 2 is 2.45 bits per heavy atom. The molecule has 3 nitrogen and oxygen atoms in total. The van der Waals surface area contributed by atoms with Crippen molar-refractivity contribution in [2.75, 3.05) is 13.1 Å². The molecule has 0 aromatic rings. The predicted octanol–water partition coefficient (Wildman–Crippen LogP) is -0.0960. The molecule has 1 saturated heterocycles. The molecule has 1 aliphatic heterocycles. The largest absolute Gasteiger partial charge is 0.338 e. The van der Waals surface area contributed by atoms with Gasteiger partial charge in [-0.15, -0.1) is 0 Å². The van der Waals surface area contributed by atoms with Gasteiger partial charge >= 0.3 is 0 Å². The summed E-state index contributed by atoms with van der Waals surface area (Å²) in [6, 6.07) is -0.500. The van der Waals surface area contributed by atoms with Gasteiger partial charge < -0.3 is 10.6 Å². The monoisotopic (exact) mass is 160 g/mol. The van der Waals surface area contributed by atoms with Gasteiger partial charge in [0.1, 0.15) is 6.17 Å². The topological polar surface area (TPSA) is 46.3 Å². The van der Waals surface area contributed by atoms with Crippen molar-refractivity contribution >= 4 is 5.91 Å². The van der Waals surface area contributed by atoms with Crippen molar-refractivity contribution in [2.45, 2.75) is 25.6 Å². The van der Waals surface area contributed by atoms with E-state index in [0.717, 1.165) is 0 Å². The summed E-state index contributed by atoms with van der Waals surface area (Å²) in [7, 11) is 0. The van der Waals surface area contributed by atoms with Crippen LogP contribution in [0.15, 0.2) is 0 Å². The fraction of sp³-hybridized carbons (Fsp3) is 0.857. The van der Waals surface area contributed by atoms with Crippen LogP contribution >= 0.6 is 0 Å². The SMILES string of the molecule is C[C@@H](N)C(=O)N1CC[C@@H](F)C1. The molecule has 0 aromatic heterocycles. The first-order chi connectivity index (χ1) is 5.11. The third-order valence-electron chi connectivity index (χ3n) is 1.83. The number of halogens is 1. The summed E-state index contributed by atoms with van der Waals surface area (Å²) in [5.41, 5.74) is 5.35. The summed E-state index contributed by atoms with van der Waals surface area (Å²) >= 11 is 0. The van der Waals surface area contributed by atoms with E-state index < -0.39 is 12.2 Å². The van der Waals surface area contributed by atoms with E-state index in [-0.39, 0.29) is 12.5 Å². The second-order valence-electron chi connectivity index (χ2n) is 2.96. The molecular formula is C7H13FN2O. The minimum absolute atomic E-state index is 0.148. The van der Waals surface area contributed by atoms with E-state index in [4.69, 9.17) is 5.73 Å². The van der Waals surface area contributed by atoms with Crippen molar-refractivity contribution in [2.24, 2.45) is 5.73 Å². The number of nitrogens with zero attached hydrogens (tertiary/aromatic N) is 1. The molecule has 0 radical (unpaired) electrons. The number of alkyl halides is 1. The highest BCUT2D eigenvalue weighted by Gasteiger charge is 2.27. The summed E-state index contributed by atoms with van der Waals surface area (Å²) in [6.45, 7) is 2.36. The van der Waals surface area contributed by atoms with Crippen LogP contribution < -0.4 is 5.73 Å². The van der Waals surface area contributed by atoms with Gasteiger partial charge in [0.25, 0.3) is 0 Å². The molecule has 0 bridgehead atoms. The second kappa shape index (κ2) is 3.17. The molecule has 1 rings (SSSR count). The molecule has 1 heterocycles. The second-order valence-corrected chi connectivity index (χ2v) is 2.96. The molecule has 0 unspecified atom stereocenters. The minimum Gasteiger partial charge on any atom is -0.338 e. The summed E-state index contributed by atoms with van der Waals surface area (Å²) < 4.78 is 12.6. The van der Waals surface area contributed by atoms with E-state index in [2.05, 4.69) is 0 Å². The smallest absolute Gasteiger partial charge is 0.239 e. The number of hydrogen-bond acceptors (Lipinski definition) is 2. The maximum Gasteiger partial charge on any atom is 0.239 e. The van der Waals surface area contributed by atoms with Gasteiger partial charge in [0.05, 0.1) is 12.6 Å². The molecule has 4 heteroatoms. The number of carbonyl (C=O) groups excluding carboxylic acids is 1. The lowest BCUT2D eigenvalue weighted by Gasteiger charge is -2.16. The number of hydrogen-bond donors (Lipinski definition) is 1. The quantitative estimate of drug-likeness (QED) is 0.582. The first-order valence-electron chi connectivity index (χ1n) is 3.79. The standard InChI is InChI=1S/C7H13FN2O/c1-5(9)7(11)10-3-2-6(8)4-10/h5-6H,2-4,9H2,1H3/t5-,6-/m1/s1. The van der Waals surface area contributed by atoms with Crippen molar-refractivity contribution in [1.82, 2.24) is 4.90 Å². The molecule has 64 valence electrons. The van der Waals surface area contributed by atoms with Gasteiger partial charge in [-0.05, 0) is 13.3 Å². The Morgan fingerprint density at radius 3 is 2.82 bits per heavy atom. The van der Waals surface area contributed by atoms with E-state index in [1.807, 2.05) is 0 Å². The third kappa shape index (κ3) is 1.89. The summed E-state index contributed by atoms with van der Waals surface area (Å²) in [6.07, 6.45) is -0.393. The molecule has 0 aliphatic carbocycles. The fourth-order valence-corrected chi connectivity index (χ4v) is 1.21. The number of carbonyl (C=O) groups is 1. The number of rotatable bonds is 1. The van der Waals surface area contributed by atoms with E-state index in [9.17, 15) is 9.18 Å². The Kier molecular flexibility index (Phi) is 2.44. The Bertz CT molecular complexity index is 161. The molecule has 2 N–H and O–H groups in total. The van der Waals surface area contributed by atoms with E-state index in [1.54, 1.807) is 6.92 Å². The summed E-state index contributed by atoms with van der Waals surface area (Å²) in [5, 5.41) is 0. The van der Waals surface area contributed by atoms with E-state index in [0.29, 0.717) is 13.0 Å². The Morgan fingerprint density at radius 1 is 1.82 bits per heavy atom.